The molecule has 3 saturated heterocycles. The van der Waals surface area contributed by atoms with Crippen molar-refractivity contribution in [2.24, 2.45) is 0 Å². The normalized spacial score (nSPS) is 37.1. The summed E-state index contributed by atoms with van der Waals surface area (Å²) in [5.74, 6) is -0.666. The van der Waals surface area contributed by atoms with E-state index < -0.39 is 117 Å². The van der Waals surface area contributed by atoms with Gasteiger partial charge in [-0.2, -0.15) is 0 Å². The van der Waals surface area contributed by atoms with Gasteiger partial charge in [-0.15, -0.1) is 0 Å². The highest BCUT2D eigenvalue weighted by atomic mass is 16.8. The quantitative estimate of drug-likeness (QED) is 0.0763. The SMILES string of the molecule is CCCCCCCCO[C@@H]1O[C@H](CO[C@@H]2O[C@@H](C)[C@H](NC(=O)c3ccc(OC)cc3)[C@@H](O)[C@H]2O[C@@H]2O[C@H](CO)[C@@H](O)[C@H](O)[C@H]2NC(C)=O)[C@@H](O)[C@H](O)[C@H]1O. The summed E-state index contributed by atoms with van der Waals surface area (Å²) in [6, 6.07) is 3.69. The smallest absolute Gasteiger partial charge is 0.251 e. The Balaban J connectivity index is 1.52. The van der Waals surface area contributed by atoms with Crippen molar-refractivity contribution in [2.75, 3.05) is 26.9 Å². The number of aliphatic hydroxyl groups excluding tert-OH is 7. The first-order valence-electron chi connectivity index (χ1n) is 18.6. The molecule has 0 radical (unpaired) electrons. The molecule has 0 aliphatic carbocycles. The largest absolute Gasteiger partial charge is 0.497 e. The van der Waals surface area contributed by atoms with Gasteiger partial charge < -0.3 is 79.5 Å². The summed E-state index contributed by atoms with van der Waals surface area (Å²) in [6.45, 7) is 3.88. The fraction of sp³-hybridized carbons (Fsp3) is 0.778. The first-order chi connectivity index (χ1) is 25.8. The number of unbranched alkanes of at least 4 members (excludes halogenated alkanes) is 5. The van der Waals surface area contributed by atoms with Gasteiger partial charge in [0, 0.05) is 19.1 Å². The zero-order chi connectivity index (χ0) is 39.5. The number of benzene rings is 1. The van der Waals surface area contributed by atoms with E-state index >= 15 is 0 Å². The molecule has 3 heterocycles. The van der Waals surface area contributed by atoms with Crippen molar-refractivity contribution in [2.45, 2.75) is 151 Å². The molecule has 9 N–H and O–H groups in total. The Hall–Kier alpha value is -2.56. The minimum Gasteiger partial charge on any atom is -0.497 e. The zero-order valence-electron chi connectivity index (χ0n) is 31.1. The van der Waals surface area contributed by atoms with Gasteiger partial charge in [0.15, 0.2) is 18.9 Å². The van der Waals surface area contributed by atoms with Crippen LogP contribution in [0.5, 0.6) is 5.75 Å². The minimum absolute atomic E-state index is 0.242. The van der Waals surface area contributed by atoms with E-state index in [2.05, 4.69) is 17.6 Å². The highest BCUT2D eigenvalue weighted by molar-refractivity contribution is 5.94. The topological polar surface area (TPSA) is 264 Å². The van der Waals surface area contributed by atoms with Crippen LogP contribution in [-0.2, 0) is 33.2 Å². The standard InChI is InChI=1S/C36H58N2O16/c1-5-6-7-8-9-10-15-49-35-31(46)30(45)27(42)23(53-35)17-50-36-32(54-34-25(37-19(3)40)28(43)26(41)22(16-39)52-34)29(44)24(18(2)51-36)38-33(47)20-11-13-21(48-4)14-12-20/h11-14,18,22-32,34-36,39,41-46H,5-10,15-17H2,1-4H3,(H,37,40)(H,38,47)/t18-,22+,23+,24-,25+,26+,27+,28+,29+,30-,31+,32+,34-,35+,36+/m0/s1. The first-order valence-corrected chi connectivity index (χ1v) is 18.6. The van der Waals surface area contributed by atoms with Crippen LogP contribution in [0.4, 0.5) is 0 Å². The maximum absolute atomic E-state index is 13.3. The van der Waals surface area contributed by atoms with Crippen molar-refractivity contribution in [3.63, 3.8) is 0 Å². The molecule has 18 heteroatoms. The second-order valence-corrected chi connectivity index (χ2v) is 13.9. The molecule has 0 aromatic heterocycles. The molecule has 1 aromatic rings. The van der Waals surface area contributed by atoms with Crippen molar-refractivity contribution in [1.82, 2.24) is 10.6 Å². The van der Waals surface area contributed by atoms with Crippen LogP contribution in [0.2, 0.25) is 0 Å². The van der Waals surface area contributed by atoms with Crippen molar-refractivity contribution in [3.8, 4) is 5.75 Å². The number of nitrogens with one attached hydrogen (secondary N) is 2. The van der Waals surface area contributed by atoms with Gasteiger partial charge in [0.05, 0.1) is 32.5 Å². The maximum Gasteiger partial charge on any atom is 0.251 e. The summed E-state index contributed by atoms with van der Waals surface area (Å²) in [5, 5.41) is 80.2. The van der Waals surface area contributed by atoms with Gasteiger partial charge in [0.1, 0.15) is 66.7 Å². The Labute approximate surface area is 314 Å². The third-order valence-electron chi connectivity index (χ3n) is 9.89. The molecule has 3 aliphatic heterocycles. The summed E-state index contributed by atoms with van der Waals surface area (Å²) < 4.78 is 40.7. The Morgan fingerprint density at radius 1 is 0.722 bits per heavy atom. The summed E-state index contributed by atoms with van der Waals surface area (Å²) in [5.41, 5.74) is 0.243. The summed E-state index contributed by atoms with van der Waals surface area (Å²) in [7, 11) is 1.48. The van der Waals surface area contributed by atoms with Crippen LogP contribution in [0.25, 0.3) is 0 Å². The molecule has 2 amide bonds. The van der Waals surface area contributed by atoms with Crippen LogP contribution in [0.1, 0.15) is 69.7 Å². The number of hydrogen-bond acceptors (Lipinski definition) is 16. The van der Waals surface area contributed by atoms with E-state index in [1.165, 1.54) is 19.2 Å². The summed E-state index contributed by atoms with van der Waals surface area (Å²) in [4.78, 5) is 25.4. The van der Waals surface area contributed by atoms with E-state index in [9.17, 15) is 45.3 Å². The molecule has 18 nitrogen and oxygen atoms in total. The van der Waals surface area contributed by atoms with Crippen molar-refractivity contribution in [3.05, 3.63) is 29.8 Å². The maximum atomic E-state index is 13.3. The number of carbonyl (C=O) groups is 2. The van der Waals surface area contributed by atoms with E-state index in [1.807, 2.05) is 0 Å². The fourth-order valence-corrected chi connectivity index (χ4v) is 6.68. The van der Waals surface area contributed by atoms with Crippen molar-refractivity contribution < 1.29 is 78.5 Å². The molecule has 0 saturated carbocycles. The third-order valence-corrected chi connectivity index (χ3v) is 9.89. The molecule has 0 bridgehead atoms. The van der Waals surface area contributed by atoms with E-state index in [-0.39, 0.29) is 12.2 Å². The molecule has 3 fully saturated rings. The third kappa shape index (κ3) is 11.3. The Bertz CT molecular complexity index is 1290. The molecule has 54 heavy (non-hydrogen) atoms. The first kappa shape index (κ1) is 44.2. The lowest BCUT2D eigenvalue weighted by Gasteiger charge is -2.48. The molecule has 15 atom stereocenters. The predicted molar refractivity (Wildman–Crippen MR) is 187 cm³/mol. The van der Waals surface area contributed by atoms with Crippen LogP contribution in [-0.4, -0.2) is 166 Å². The van der Waals surface area contributed by atoms with Gasteiger partial charge in [0.25, 0.3) is 5.91 Å². The number of rotatable bonds is 18. The molecule has 0 spiro atoms. The Kier molecular flexibility index (Phi) is 17.3. The molecular formula is C36H58N2O16. The van der Waals surface area contributed by atoms with Crippen LogP contribution < -0.4 is 15.4 Å². The molecule has 3 aliphatic rings. The average Bonchev–Trinajstić information content (AvgIpc) is 3.16. The van der Waals surface area contributed by atoms with Crippen LogP contribution in [0, 0.1) is 0 Å². The van der Waals surface area contributed by atoms with Gasteiger partial charge in [-0.1, -0.05) is 39.0 Å². The van der Waals surface area contributed by atoms with Gasteiger partial charge in [-0.25, -0.2) is 0 Å². The van der Waals surface area contributed by atoms with E-state index in [1.54, 1.807) is 19.1 Å². The average molecular weight is 775 g/mol. The molecular weight excluding hydrogens is 716 g/mol. The number of ether oxygens (including phenoxy) is 7. The van der Waals surface area contributed by atoms with Gasteiger partial charge in [-0.3, -0.25) is 9.59 Å². The molecule has 4 rings (SSSR count). The van der Waals surface area contributed by atoms with Crippen LogP contribution >= 0.6 is 0 Å². The van der Waals surface area contributed by atoms with E-state index in [0.29, 0.717) is 12.2 Å². The Morgan fingerprint density at radius 3 is 2.02 bits per heavy atom. The summed E-state index contributed by atoms with van der Waals surface area (Å²) >= 11 is 0. The second kappa shape index (κ2) is 21.1. The minimum atomic E-state index is -1.68. The molecule has 1 aromatic carbocycles. The number of aliphatic hydroxyl groups is 7. The van der Waals surface area contributed by atoms with Gasteiger partial charge in [-0.05, 0) is 37.6 Å². The molecule has 0 unspecified atom stereocenters. The Morgan fingerprint density at radius 2 is 1.37 bits per heavy atom. The number of hydrogen-bond donors (Lipinski definition) is 9. The highest BCUT2D eigenvalue weighted by Gasteiger charge is 2.52. The van der Waals surface area contributed by atoms with Crippen molar-refractivity contribution in [1.29, 1.82) is 0 Å². The lowest BCUT2D eigenvalue weighted by Crippen LogP contribution is -2.69. The second-order valence-electron chi connectivity index (χ2n) is 13.9. The van der Waals surface area contributed by atoms with E-state index in [0.717, 1.165) is 39.0 Å². The van der Waals surface area contributed by atoms with Crippen LogP contribution in [0.3, 0.4) is 0 Å². The number of carbonyl (C=O) groups excluding carboxylic acids is 2. The van der Waals surface area contributed by atoms with Gasteiger partial charge >= 0.3 is 0 Å². The highest BCUT2D eigenvalue weighted by Crippen LogP contribution is 2.31. The van der Waals surface area contributed by atoms with Crippen LogP contribution in [0.15, 0.2) is 24.3 Å². The molecule has 308 valence electrons. The zero-order valence-corrected chi connectivity index (χ0v) is 31.1. The fourth-order valence-electron chi connectivity index (χ4n) is 6.68. The number of methoxy groups -OCH3 is 1. The lowest BCUT2D eigenvalue weighted by atomic mass is 9.94. The van der Waals surface area contributed by atoms with Gasteiger partial charge in [0.2, 0.25) is 5.91 Å². The van der Waals surface area contributed by atoms with Crippen molar-refractivity contribution >= 4 is 11.8 Å². The summed E-state index contributed by atoms with van der Waals surface area (Å²) in [6.07, 6.45) is -13.2. The van der Waals surface area contributed by atoms with E-state index in [4.69, 9.17) is 33.2 Å². The lowest BCUT2D eigenvalue weighted by molar-refractivity contribution is -0.351. The number of amides is 2. The monoisotopic (exact) mass is 774 g/mol. The predicted octanol–water partition coefficient (Wildman–Crippen LogP) is -1.57.